The van der Waals surface area contributed by atoms with Crippen LogP contribution in [-0.2, 0) is 9.84 Å². The van der Waals surface area contributed by atoms with E-state index in [4.69, 9.17) is 11.6 Å². The molecule has 0 bridgehead atoms. The van der Waals surface area contributed by atoms with Gasteiger partial charge >= 0.3 is 0 Å². The minimum absolute atomic E-state index is 0.0363. The highest BCUT2D eigenvalue weighted by Crippen LogP contribution is 2.22. The van der Waals surface area contributed by atoms with Gasteiger partial charge in [0.1, 0.15) is 0 Å². The van der Waals surface area contributed by atoms with Crippen molar-refractivity contribution in [3.8, 4) is 0 Å². The normalized spacial score (nSPS) is 11.3. The molecule has 7 heteroatoms. The molecule has 0 aliphatic heterocycles. The number of halogens is 1. The second-order valence-corrected chi connectivity index (χ2v) is 8.89. The molecule has 2 rings (SSSR count). The maximum atomic E-state index is 12.1. The molecular weight excluding hydrogens is 366 g/mol. The van der Waals surface area contributed by atoms with E-state index in [0.717, 1.165) is 16.9 Å². The lowest BCUT2D eigenvalue weighted by Crippen LogP contribution is -2.25. The van der Waals surface area contributed by atoms with Gasteiger partial charge in [0.15, 0.2) is 9.84 Å². The van der Waals surface area contributed by atoms with Crippen molar-refractivity contribution < 1.29 is 13.2 Å². The number of hydrogen-bond donors (Lipinski definition) is 1. The Bertz CT molecular complexity index is 833. The van der Waals surface area contributed by atoms with Gasteiger partial charge in [-0.15, -0.1) is 11.8 Å². The molecule has 24 heavy (non-hydrogen) atoms. The van der Waals surface area contributed by atoms with Crippen LogP contribution in [-0.4, -0.2) is 32.9 Å². The number of thioether (sulfide) groups is 1. The lowest BCUT2D eigenvalue weighted by Gasteiger charge is -2.08. The van der Waals surface area contributed by atoms with Crippen molar-refractivity contribution in [1.29, 1.82) is 0 Å². The zero-order valence-corrected chi connectivity index (χ0v) is 15.8. The van der Waals surface area contributed by atoms with Gasteiger partial charge < -0.3 is 5.32 Å². The lowest BCUT2D eigenvalue weighted by molar-refractivity contribution is 0.0956. The summed E-state index contributed by atoms with van der Waals surface area (Å²) in [5.41, 5.74) is 1.48. The molecule has 1 N–H and O–H groups in total. The van der Waals surface area contributed by atoms with E-state index in [2.05, 4.69) is 5.32 Å². The summed E-state index contributed by atoms with van der Waals surface area (Å²) in [6.45, 7) is 2.51. The second kappa shape index (κ2) is 8.05. The van der Waals surface area contributed by atoms with Crippen molar-refractivity contribution >= 4 is 39.1 Å². The average molecular weight is 384 g/mol. The molecule has 4 nitrogen and oxygen atoms in total. The van der Waals surface area contributed by atoms with Crippen LogP contribution < -0.4 is 5.32 Å². The fourth-order valence-electron chi connectivity index (χ4n) is 2.00. The Labute approximate surface area is 151 Å². The van der Waals surface area contributed by atoms with Crippen molar-refractivity contribution in [3.63, 3.8) is 0 Å². The van der Waals surface area contributed by atoms with Crippen LogP contribution in [0.5, 0.6) is 0 Å². The van der Waals surface area contributed by atoms with Gasteiger partial charge in [-0.3, -0.25) is 4.79 Å². The van der Waals surface area contributed by atoms with Crippen molar-refractivity contribution in [2.75, 3.05) is 18.6 Å². The Morgan fingerprint density at radius 2 is 1.83 bits per heavy atom. The minimum Gasteiger partial charge on any atom is -0.351 e. The molecule has 2 aromatic carbocycles. The molecule has 0 spiro atoms. The van der Waals surface area contributed by atoms with Crippen molar-refractivity contribution in [2.45, 2.75) is 16.7 Å². The van der Waals surface area contributed by atoms with Crippen molar-refractivity contribution in [2.24, 2.45) is 0 Å². The van der Waals surface area contributed by atoms with E-state index >= 15 is 0 Å². The summed E-state index contributed by atoms with van der Waals surface area (Å²) in [6, 6.07) is 12.4. The largest absolute Gasteiger partial charge is 0.351 e. The Morgan fingerprint density at radius 3 is 2.46 bits per heavy atom. The quantitative estimate of drug-likeness (QED) is 0.611. The van der Waals surface area contributed by atoms with Crippen molar-refractivity contribution in [3.05, 3.63) is 58.6 Å². The molecule has 0 atom stereocenters. The summed E-state index contributed by atoms with van der Waals surface area (Å²) < 4.78 is 23.3. The van der Waals surface area contributed by atoms with Gasteiger partial charge in [-0.05, 0) is 37.3 Å². The van der Waals surface area contributed by atoms with E-state index in [-0.39, 0.29) is 21.4 Å². The molecule has 128 valence electrons. The predicted octanol–water partition coefficient (Wildman–Crippen LogP) is 3.57. The molecule has 0 fully saturated rings. The minimum atomic E-state index is -3.47. The highest BCUT2D eigenvalue weighted by molar-refractivity contribution is 7.99. The first-order valence-electron chi connectivity index (χ1n) is 7.24. The van der Waals surface area contributed by atoms with E-state index in [9.17, 15) is 13.2 Å². The highest BCUT2D eigenvalue weighted by atomic mass is 35.5. The van der Waals surface area contributed by atoms with Crippen LogP contribution in [0.4, 0.5) is 0 Å². The summed E-state index contributed by atoms with van der Waals surface area (Å²) in [7, 11) is -3.47. The number of hydrogen-bond acceptors (Lipinski definition) is 4. The summed E-state index contributed by atoms with van der Waals surface area (Å²) in [5, 5.41) is 2.90. The van der Waals surface area contributed by atoms with E-state index in [1.54, 1.807) is 11.8 Å². The fourth-order valence-corrected chi connectivity index (χ4v) is 4.07. The third-order valence-corrected chi connectivity index (χ3v) is 5.86. The van der Waals surface area contributed by atoms with E-state index in [1.165, 1.54) is 23.8 Å². The monoisotopic (exact) mass is 383 g/mol. The van der Waals surface area contributed by atoms with Crippen LogP contribution in [0.25, 0.3) is 0 Å². The molecule has 0 saturated heterocycles. The Hall–Kier alpha value is -1.50. The van der Waals surface area contributed by atoms with Crippen LogP contribution in [0.3, 0.4) is 0 Å². The number of sulfone groups is 1. The van der Waals surface area contributed by atoms with Crippen LogP contribution in [0.2, 0.25) is 5.02 Å². The van der Waals surface area contributed by atoms with Crippen molar-refractivity contribution in [1.82, 2.24) is 5.32 Å². The SMILES string of the molecule is Cc1ccc(SCCNC(=O)c2ccc(Cl)c(S(C)(=O)=O)c2)cc1. The number of benzene rings is 2. The lowest BCUT2D eigenvalue weighted by atomic mass is 10.2. The zero-order valence-electron chi connectivity index (χ0n) is 13.4. The summed E-state index contributed by atoms with van der Waals surface area (Å²) in [5.74, 6) is 0.405. The molecular formula is C17H18ClNO3S2. The number of rotatable bonds is 6. The molecule has 0 heterocycles. The number of carbonyl (C=O) groups excluding carboxylic acids is 1. The smallest absolute Gasteiger partial charge is 0.251 e. The summed E-state index contributed by atoms with van der Waals surface area (Å²) >= 11 is 7.52. The molecule has 0 aliphatic rings. The standard InChI is InChI=1S/C17H18ClNO3S2/c1-12-3-6-14(7-4-12)23-10-9-19-17(20)13-5-8-15(18)16(11-13)24(2,21)22/h3-8,11H,9-10H2,1-2H3,(H,19,20). The van der Waals surface area contributed by atoms with E-state index in [0.29, 0.717) is 6.54 Å². The summed E-state index contributed by atoms with van der Waals surface area (Å²) in [6.07, 6.45) is 1.06. The average Bonchev–Trinajstić information content (AvgIpc) is 2.52. The molecule has 0 unspecified atom stereocenters. The first-order valence-corrected chi connectivity index (χ1v) is 10.5. The number of aryl methyl sites for hydroxylation is 1. The Balaban J connectivity index is 1.92. The molecule has 2 aromatic rings. The molecule has 0 saturated carbocycles. The van der Waals surface area contributed by atoms with E-state index in [1.807, 2.05) is 31.2 Å². The van der Waals surface area contributed by atoms with Crippen LogP contribution in [0.15, 0.2) is 52.3 Å². The third kappa shape index (κ3) is 5.26. The molecule has 1 amide bonds. The molecule has 0 aromatic heterocycles. The topological polar surface area (TPSA) is 63.2 Å². The summed E-state index contributed by atoms with van der Waals surface area (Å²) in [4.78, 5) is 13.2. The Morgan fingerprint density at radius 1 is 1.17 bits per heavy atom. The second-order valence-electron chi connectivity index (χ2n) is 5.33. The maximum absolute atomic E-state index is 12.1. The van der Waals surface area contributed by atoms with Crippen LogP contribution in [0.1, 0.15) is 15.9 Å². The van der Waals surface area contributed by atoms with Gasteiger partial charge in [-0.25, -0.2) is 8.42 Å². The van der Waals surface area contributed by atoms with Gasteiger partial charge in [-0.2, -0.15) is 0 Å². The fraction of sp³-hybridized carbons (Fsp3) is 0.235. The first kappa shape index (κ1) is 18.8. The predicted molar refractivity (Wildman–Crippen MR) is 98.8 cm³/mol. The van der Waals surface area contributed by atoms with Gasteiger partial charge in [-0.1, -0.05) is 29.3 Å². The number of nitrogens with one attached hydrogen (secondary N) is 1. The third-order valence-electron chi connectivity index (χ3n) is 3.27. The van der Waals surface area contributed by atoms with Gasteiger partial charge in [0.2, 0.25) is 0 Å². The van der Waals surface area contributed by atoms with Gasteiger partial charge in [0, 0.05) is 29.0 Å². The van der Waals surface area contributed by atoms with Crippen LogP contribution in [0, 0.1) is 6.92 Å². The van der Waals surface area contributed by atoms with Gasteiger partial charge in [0.05, 0.1) is 9.92 Å². The Kier molecular flexibility index (Phi) is 6.32. The maximum Gasteiger partial charge on any atom is 0.251 e. The van der Waals surface area contributed by atoms with E-state index < -0.39 is 9.84 Å². The van der Waals surface area contributed by atoms with Crippen LogP contribution >= 0.6 is 23.4 Å². The van der Waals surface area contributed by atoms with Gasteiger partial charge in [0.25, 0.3) is 5.91 Å². The highest BCUT2D eigenvalue weighted by Gasteiger charge is 2.15. The molecule has 0 aliphatic carbocycles. The zero-order chi connectivity index (χ0) is 17.7. The number of amides is 1. The molecule has 0 radical (unpaired) electrons. The number of carbonyl (C=O) groups is 1. The first-order chi connectivity index (χ1) is 11.3.